The third-order valence-electron chi connectivity index (χ3n) is 2.93. The van der Waals surface area contributed by atoms with Gasteiger partial charge in [0.25, 0.3) is 10.1 Å². The summed E-state index contributed by atoms with van der Waals surface area (Å²) in [6.45, 7) is 1.35. The highest BCUT2D eigenvalue weighted by Gasteiger charge is 2.22. The molecule has 0 spiro atoms. The van der Waals surface area contributed by atoms with E-state index >= 15 is 0 Å². The number of phenolic OH excluding ortho intramolecular Hbond substituents is 1. The molecule has 7 heteroatoms. The minimum Gasteiger partial charge on any atom is -0.507 e. The van der Waals surface area contributed by atoms with Crippen molar-refractivity contribution in [3.63, 3.8) is 0 Å². The summed E-state index contributed by atoms with van der Waals surface area (Å²) >= 11 is 0. The number of carbonyl (C=O) groups is 1. The number of esters is 1. The first-order valence-corrected chi connectivity index (χ1v) is 7.76. The SMILES string of the molecule is CC(CS(=O)(=O)O)C(=O)Oc1cccc2c(O)cccc12. The molecular formula is C14H14O6S. The highest BCUT2D eigenvalue weighted by Crippen LogP contribution is 2.31. The van der Waals surface area contributed by atoms with Crippen LogP contribution in [0, 0.1) is 5.92 Å². The minimum atomic E-state index is -4.25. The Hall–Kier alpha value is -2.12. The number of phenols is 1. The van der Waals surface area contributed by atoms with E-state index in [0.29, 0.717) is 10.8 Å². The van der Waals surface area contributed by atoms with Crippen molar-refractivity contribution in [1.29, 1.82) is 0 Å². The van der Waals surface area contributed by atoms with Gasteiger partial charge in [-0.05, 0) is 12.1 Å². The van der Waals surface area contributed by atoms with Gasteiger partial charge in [0.05, 0.1) is 11.7 Å². The monoisotopic (exact) mass is 310 g/mol. The lowest BCUT2D eigenvalue weighted by Gasteiger charge is -2.12. The summed E-state index contributed by atoms with van der Waals surface area (Å²) in [6, 6.07) is 9.61. The van der Waals surface area contributed by atoms with Gasteiger partial charge in [0, 0.05) is 10.8 Å². The molecule has 0 radical (unpaired) electrons. The summed E-state index contributed by atoms with van der Waals surface area (Å²) < 4.78 is 35.4. The van der Waals surface area contributed by atoms with Crippen LogP contribution in [0.3, 0.4) is 0 Å². The van der Waals surface area contributed by atoms with Crippen LogP contribution in [0.1, 0.15) is 6.92 Å². The highest BCUT2D eigenvalue weighted by atomic mass is 32.2. The Balaban J connectivity index is 2.28. The van der Waals surface area contributed by atoms with Crippen molar-refractivity contribution < 1.29 is 27.6 Å². The van der Waals surface area contributed by atoms with Crippen molar-refractivity contribution in [2.45, 2.75) is 6.92 Å². The molecule has 0 saturated heterocycles. The molecule has 0 aliphatic carbocycles. The Morgan fingerprint density at radius 1 is 1.19 bits per heavy atom. The maximum Gasteiger partial charge on any atom is 0.315 e. The Morgan fingerprint density at radius 3 is 2.48 bits per heavy atom. The van der Waals surface area contributed by atoms with Crippen molar-refractivity contribution in [2.75, 3.05) is 5.75 Å². The second kappa shape index (κ2) is 5.71. The Labute approximate surface area is 121 Å². The van der Waals surface area contributed by atoms with E-state index in [2.05, 4.69) is 0 Å². The van der Waals surface area contributed by atoms with E-state index < -0.39 is 27.8 Å². The molecule has 2 rings (SSSR count). The van der Waals surface area contributed by atoms with Gasteiger partial charge >= 0.3 is 5.97 Å². The van der Waals surface area contributed by atoms with E-state index in [1.165, 1.54) is 13.0 Å². The van der Waals surface area contributed by atoms with Crippen molar-refractivity contribution >= 4 is 26.9 Å². The van der Waals surface area contributed by atoms with Gasteiger partial charge in [-0.25, -0.2) is 0 Å². The van der Waals surface area contributed by atoms with Crippen molar-refractivity contribution in [3.05, 3.63) is 36.4 Å². The molecule has 0 saturated carbocycles. The molecule has 2 N–H and O–H groups in total. The third kappa shape index (κ3) is 3.71. The molecule has 0 fully saturated rings. The number of benzene rings is 2. The maximum absolute atomic E-state index is 11.9. The van der Waals surface area contributed by atoms with Gasteiger partial charge in [-0.3, -0.25) is 9.35 Å². The molecule has 0 bridgehead atoms. The lowest BCUT2D eigenvalue weighted by molar-refractivity contribution is -0.137. The zero-order valence-electron chi connectivity index (χ0n) is 11.2. The largest absolute Gasteiger partial charge is 0.507 e. The molecule has 1 unspecified atom stereocenters. The van der Waals surface area contributed by atoms with Crippen LogP contribution in [-0.2, 0) is 14.9 Å². The second-order valence-corrected chi connectivity index (χ2v) is 6.20. The predicted molar refractivity (Wildman–Crippen MR) is 76.8 cm³/mol. The smallest absolute Gasteiger partial charge is 0.315 e. The molecule has 21 heavy (non-hydrogen) atoms. The molecule has 2 aromatic carbocycles. The van der Waals surface area contributed by atoms with Gasteiger partial charge in [0.2, 0.25) is 0 Å². The van der Waals surface area contributed by atoms with E-state index in [4.69, 9.17) is 9.29 Å². The lowest BCUT2D eigenvalue weighted by Crippen LogP contribution is -2.25. The van der Waals surface area contributed by atoms with Crippen LogP contribution in [0.5, 0.6) is 11.5 Å². The van der Waals surface area contributed by atoms with Gasteiger partial charge in [-0.15, -0.1) is 0 Å². The van der Waals surface area contributed by atoms with E-state index in [0.717, 1.165) is 0 Å². The molecule has 0 aliphatic heterocycles. The van der Waals surface area contributed by atoms with Gasteiger partial charge in [-0.1, -0.05) is 31.2 Å². The second-order valence-electron chi connectivity index (χ2n) is 4.70. The van der Waals surface area contributed by atoms with Crippen LogP contribution in [0.15, 0.2) is 36.4 Å². The average molecular weight is 310 g/mol. The van der Waals surface area contributed by atoms with Crippen molar-refractivity contribution in [1.82, 2.24) is 0 Å². The topological polar surface area (TPSA) is 101 Å². The van der Waals surface area contributed by atoms with Crippen LogP contribution >= 0.6 is 0 Å². The zero-order valence-corrected chi connectivity index (χ0v) is 12.0. The molecule has 0 aliphatic rings. The molecular weight excluding hydrogens is 296 g/mol. The number of hydrogen-bond acceptors (Lipinski definition) is 5. The molecule has 0 amide bonds. The summed E-state index contributed by atoms with van der Waals surface area (Å²) in [6.07, 6.45) is 0. The summed E-state index contributed by atoms with van der Waals surface area (Å²) in [5.41, 5.74) is 0. The van der Waals surface area contributed by atoms with Gasteiger partial charge in [-0.2, -0.15) is 8.42 Å². The average Bonchev–Trinajstić information content (AvgIpc) is 2.38. The number of hydrogen-bond donors (Lipinski definition) is 2. The number of fused-ring (bicyclic) bond motifs is 1. The van der Waals surface area contributed by atoms with Crippen molar-refractivity contribution in [3.8, 4) is 11.5 Å². The summed E-state index contributed by atoms with van der Waals surface area (Å²) in [5, 5.41) is 10.8. The van der Waals surface area contributed by atoms with Crippen LogP contribution in [0.25, 0.3) is 10.8 Å². The first kappa shape index (κ1) is 15.3. The lowest BCUT2D eigenvalue weighted by atomic mass is 10.1. The Bertz CT molecular complexity index is 781. The van der Waals surface area contributed by atoms with E-state index in [-0.39, 0.29) is 11.5 Å². The summed E-state index contributed by atoms with van der Waals surface area (Å²) in [7, 11) is -4.25. The minimum absolute atomic E-state index is 0.0522. The molecule has 2 aromatic rings. The quantitative estimate of drug-likeness (QED) is 0.509. The van der Waals surface area contributed by atoms with Gasteiger partial charge in [0.1, 0.15) is 11.5 Å². The first-order valence-electron chi connectivity index (χ1n) is 6.15. The molecule has 0 aromatic heterocycles. The number of ether oxygens (including phenoxy) is 1. The van der Waals surface area contributed by atoms with E-state index in [1.807, 2.05) is 0 Å². The fraction of sp³-hybridized carbons (Fsp3) is 0.214. The zero-order chi connectivity index (χ0) is 15.6. The van der Waals surface area contributed by atoms with Gasteiger partial charge in [0.15, 0.2) is 0 Å². The van der Waals surface area contributed by atoms with Crippen LogP contribution in [0.2, 0.25) is 0 Å². The fourth-order valence-electron chi connectivity index (χ4n) is 1.95. The molecule has 0 heterocycles. The number of rotatable bonds is 4. The standard InChI is InChI=1S/C14H14O6S/c1-9(8-21(17,18)19)14(16)20-13-7-3-4-10-11(13)5-2-6-12(10)15/h2-7,9,15H,8H2,1H3,(H,17,18,19). The third-order valence-corrected chi connectivity index (χ3v) is 3.85. The maximum atomic E-state index is 11.9. The van der Waals surface area contributed by atoms with E-state index in [1.54, 1.807) is 30.3 Å². The van der Waals surface area contributed by atoms with Crippen LogP contribution in [0.4, 0.5) is 0 Å². The highest BCUT2D eigenvalue weighted by molar-refractivity contribution is 7.85. The predicted octanol–water partition coefficient (Wildman–Crippen LogP) is 1.97. The Morgan fingerprint density at radius 2 is 1.81 bits per heavy atom. The Kier molecular flexibility index (Phi) is 4.15. The summed E-state index contributed by atoms with van der Waals surface area (Å²) in [5.74, 6) is -2.22. The van der Waals surface area contributed by atoms with E-state index in [9.17, 15) is 18.3 Å². The van der Waals surface area contributed by atoms with Gasteiger partial charge < -0.3 is 9.84 Å². The number of aromatic hydroxyl groups is 1. The molecule has 6 nitrogen and oxygen atoms in total. The van der Waals surface area contributed by atoms with Crippen LogP contribution in [-0.4, -0.2) is 29.8 Å². The first-order chi connectivity index (χ1) is 9.78. The molecule has 112 valence electrons. The van der Waals surface area contributed by atoms with Crippen LogP contribution < -0.4 is 4.74 Å². The normalized spacial score (nSPS) is 13.0. The number of carbonyl (C=O) groups excluding carboxylic acids is 1. The fourth-order valence-corrected chi connectivity index (χ4v) is 2.71. The van der Waals surface area contributed by atoms with Crippen molar-refractivity contribution in [2.24, 2.45) is 5.92 Å². The summed E-state index contributed by atoms with van der Waals surface area (Å²) in [4.78, 5) is 11.9. The molecule has 1 atom stereocenters.